The normalized spacial score (nSPS) is 12.4. The zero-order chi connectivity index (χ0) is 12.0. The molecule has 0 radical (unpaired) electrons. The van der Waals surface area contributed by atoms with Gasteiger partial charge in [-0.05, 0) is 13.8 Å². The van der Waals surface area contributed by atoms with E-state index in [4.69, 9.17) is 4.74 Å². The summed E-state index contributed by atoms with van der Waals surface area (Å²) in [7, 11) is 1.94. The summed E-state index contributed by atoms with van der Waals surface area (Å²) in [5.74, 6) is 0.790. The molecule has 90 valence electrons. The Hall–Kier alpha value is -1.36. The van der Waals surface area contributed by atoms with Crippen molar-refractivity contribution in [3.8, 4) is 0 Å². The van der Waals surface area contributed by atoms with Gasteiger partial charge in [-0.1, -0.05) is 0 Å². The van der Waals surface area contributed by atoms with Gasteiger partial charge < -0.3 is 14.6 Å². The van der Waals surface area contributed by atoms with E-state index < -0.39 is 0 Å². The molecule has 0 fully saturated rings. The number of carbonyl (C=O) groups excluding carboxylic acids is 1. The van der Waals surface area contributed by atoms with Crippen LogP contribution < -0.4 is 5.32 Å². The average Bonchev–Trinajstić information content (AvgIpc) is 2.61. The lowest BCUT2D eigenvalue weighted by Crippen LogP contribution is -2.29. The summed E-state index contributed by atoms with van der Waals surface area (Å²) in [4.78, 5) is 15.4. The lowest BCUT2D eigenvalue weighted by molar-refractivity contribution is -0.143. The fourth-order valence-electron chi connectivity index (χ4n) is 1.37. The third kappa shape index (κ3) is 4.02. The van der Waals surface area contributed by atoms with E-state index >= 15 is 0 Å². The van der Waals surface area contributed by atoms with Crippen molar-refractivity contribution in [2.24, 2.45) is 7.05 Å². The molecule has 1 aromatic rings. The van der Waals surface area contributed by atoms with E-state index in [2.05, 4.69) is 10.3 Å². The van der Waals surface area contributed by atoms with E-state index in [-0.39, 0.29) is 12.0 Å². The zero-order valence-electron chi connectivity index (χ0n) is 10.1. The summed E-state index contributed by atoms with van der Waals surface area (Å²) >= 11 is 0. The first-order chi connectivity index (χ1) is 7.63. The van der Waals surface area contributed by atoms with Crippen LogP contribution in [0, 0.1) is 0 Å². The second-order valence-corrected chi connectivity index (χ2v) is 3.75. The Bertz CT molecular complexity index is 336. The molecule has 0 aromatic carbocycles. The van der Waals surface area contributed by atoms with Crippen molar-refractivity contribution in [2.75, 3.05) is 6.61 Å². The van der Waals surface area contributed by atoms with Crippen molar-refractivity contribution in [2.45, 2.75) is 32.9 Å². The van der Waals surface area contributed by atoms with E-state index in [1.54, 1.807) is 6.20 Å². The highest BCUT2D eigenvalue weighted by atomic mass is 16.5. The Morgan fingerprint density at radius 3 is 3.00 bits per heavy atom. The quantitative estimate of drug-likeness (QED) is 0.729. The topological polar surface area (TPSA) is 56.1 Å². The fourth-order valence-corrected chi connectivity index (χ4v) is 1.37. The van der Waals surface area contributed by atoms with Crippen LogP contribution in [0.3, 0.4) is 0 Å². The van der Waals surface area contributed by atoms with Gasteiger partial charge in [-0.25, -0.2) is 4.98 Å². The van der Waals surface area contributed by atoms with Crippen LogP contribution in [0.2, 0.25) is 0 Å². The van der Waals surface area contributed by atoms with Crippen LogP contribution >= 0.6 is 0 Å². The highest BCUT2D eigenvalue weighted by Crippen LogP contribution is 1.98. The van der Waals surface area contributed by atoms with Crippen molar-refractivity contribution in [1.82, 2.24) is 14.9 Å². The molecule has 0 amide bonds. The van der Waals surface area contributed by atoms with Crippen LogP contribution in [-0.4, -0.2) is 28.2 Å². The Morgan fingerprint density at radius 1 is 1.69 bits per heavy atom. The molecule has 1 aromatic heterocycles. The predicted molar refractivity (Wildman–Crippen MR) is 60.8 cm³/mol. The molecule has 0 aliphatic carbocycles. The summed E-state index contributed by atoms with van der Waals surface area (Å²) in [5, 5.41) is 3.23. The maximum Gasteiger partial charge on any atom is 0.307 e. The largest absolute Gasteiger partial charge is 0.466 e. The van der Waals surface area contributed by atoms with Gasteiger partial charge in [-0.15, -0.1) is 0 Å². The molecule has 5 nitrogen and oxygen atoms in total. The number of nitrogens with one attached hydrogen (secondary N) is 1. The van der Waals surface area contributed by atoms with Crippen molar-refractivity contribution in [3.63, 3.8) is 0 Å². The zero-order valence-corrected chi connectivity index (χ0v) is 10.1. The van der Waals surface area contributed by atoms with Crippen molar-refractivity contribution in [1.29, 1.82) is 0 Å². The number of imidazole rings is 1. The van der Waals surface area contributed by atoms with Crippen LogP contribution in [0.25, 0.3) is 0 Å². The number of ether oxygens (including phenoxy) is 1. The first kappa shape index (κ1) is 12.7. The number of rotatable bonds is 6. The third-order valence-electron chi connectivity index (χ3n) is 2.31. The first-order valence-electron chi connectivity index (χ1n) is 5.48. The molecule has 0 saturated heterocycles. The number of aromatic nitrogens is 2. The SMILES string of the molecule is CCOC(=O)CC(C)NCc1nccn1C. The number of hydrogen-bond donors (Lipinski definition) is 1. The van der Waals surface area contributed by atoms with Crippen molar-refractivity contribution < 1.29 is 9.53 Å². The van der Waals surface area contributed by atoms with E-state index in [0.29, 0.717) is 19.6 Å². The molecule has 1 rings (SSSR count). The first-order valence-corrected chi connectivity index (χ1v) is 5.48. The van der Waals surface area contributed by atoms with Gasteiger partial charge in [0, 0.05) is 25.5 Å². The van der Waals surface area contributed by atoms with E-state index in [1.807, 2.05) is 31.7 Å². The monoisotopic (exact) mass is 225 g/mol. The maximum atomic E-state index is 11.2. The number of aryl methyl sites for hydroxylation is 1. The highest BCUT2D eigenvalue weighted by Gasteiger charge is 2.09. The summed E-state index contributed by atoms with van der Waals surface area (Å²) in [6, 6.07) is 0.0933. The number of esters is 1. The number of nitrogens with zero attached hydrogens (tertiary/aromatic N) is 2. The lowest BCUT2D eigenvalue weighted by atomic mass is 10.2. The number of carbonyl (C=O) groups is 1. The minimum Gasteiger partial charge on any atom is -0.466 e. The predicted octanol–water partition coefficient (Wildman–Crippen LogP) is 0.851. The Morgan fingerprint density at radius 2 is 2.44 bits per heavy atom. The van der Waals surface area contributed by atoms with Crippen LogP contribution in [-0.2, 0) is 23.1 Å². The summed E-state index contributed by atoms with van der Waals surface area (Å²) in [5.41, 5.74) is 0. The summed E-state index contributed by atoms with van der Waals surface area (Å²) < 4.78 is 6.82. The Kier molecular flexibility index (Phi) is 4.98. The van der Waals surface area contributed by atoms with E-state index in [0.717, 1.165) is 5.82 Å². The van der Waals surface area contributed by atoms with Gasteiger partial charge in [0.1, 0.15) is 5.82 Å². The minimum absolute atomic E-state index is 0.0933. The minimum atomic E-state index is -0.164. The van der Waals surface area contributed by atoms with E-state index in [9.17, 15) is 4.79 Å². The van der Waals surface area contributed by atoms with Gasteiger partial charge in [-0.3, -0.25) is 4.79 Å². The average molecular weight is 225 g/mol. The van der Waals surface area contributed by atoms with Crippen LogP contribution in [0.15, 0.2) is 12.4 Å². The summed E-state index contributed by atoms with van der Waals surface area (Å²) in [6.45, 7) is 4.86. The van der Waals surface area contributed by atoms with Crippen molar-refractivity contribution in [3.05, 3.63) is 18.2 Å². The molecule has 0 spiro atoms. The second kappa shape index (κ2) is 6.27. The van der Waals surface area contributed by atoms with Gasteiger partial charge in [0.05, 0.1) is 19.6 Å². The molecule has 0 aliphatic heterocycles. The standard InChI is InChI=1S/C11H19N3O2/c1-4-16-11(15)7-9(2)13-8-10-12-5-6-14(10)3/h5-6,9,13H,4,7-8H2,1-3H3. The fraction of sp³-hybridized carbons (Fsp3) is 0.636. The lowest BCUT2D eigenvalue weighted by Gasteiger charge is -2.12. The molecular weight excluding hydrogens is 206 g/mol. The molecule has 1 heterocycles. The molecule has 1 atom stereocenters. The van der Waals surface area contributed by atoms with E-state index in [1.165, 1.54) is 0 Å². The smallest absolute Gasteiger partial charge is 0.307 e. The molecule has 1 unspecified atom stereocenters. The van der Waals surface area contributed by atoms with Gasteiger partial charge in [0.2, 0.25) is 0 Å². The third-order valence-corrected chi connectivity index (χ3v) is 2.31. The van der Waals surface area contributed by atoms with Gasteiger partial charge in [0.15, 0.2) is 0 Å². The number of hydrogen-bond acceptors (Lipinski definition) is 4. The molecule has 0 bridgehead atoms. The Balaban J connectivity index is 2.27. The Labute approximate surface area is 95.8 Å². The van der Waals surface area contributed by atoms with Crippen LogP contribution in [0.4, 0.5) is 0 Å². The molecule has 0 aliphatic rings. The van der Waals surface area contributed by atoms with Gasteiger partial charge in [0.25, 0.3) is 0 Å². The molecule has 5 heteroatoms. The molecule has 16 heavy (non-hydrogen) atoms. The molecular formula is C11H19N3O2. The summed E-state index contributed by atoms with van der Waals surface area (Å²) in [6.07, 6.45) is 4.04. The van der Waals surface area contributed by atoms with Gasteiger partial charge in [-0.2, -0.15) is 0 Å². The second-order valence-electron chi connectivity index (χ2n) is 3.75. The highest BCUT2D eigenvalue weighted by molar-refractivity contribution is 5.69. The van der Waals surface area contributed by atoms with Crippen LogP contribution in [0.1, 0.15) is 26.1 Å². The van der Waals surface area contributed by atoms with Crippen molar-refractivity contribution >= 4 is 5.97 Å². The molecule has 0 saturated carbocycles. The van der Waals surface area contributed by atoms with Gasteiger partial charge >= 0.3 is 5.97 Å². The van der Waals surface area contributed by atoms with Crippen LogP contribution in [0.5, 0.6) is 0 Å². The molecule has 1 N–H and O–H groups in total. The maximum absolute atomic E-state index is 11.2.